The summed E-state index contributed by atoms with van der Waals surface area (Å²) in [5, 5.41) is 4.21. The van der Waals surface area contributed by atoms with Crippen molar-refractivity contribution in [2.45, 2.75) is 210 Å². The van der Waals surface area contributed by atoms with Crippen molar-refractivity contribution < 1.29 is 28.7 Å². The van der Waals surface area contributed by atoms with Crippen molar-refractivity contribution in [2.24, 2.45) is 21.7 Å². The molecule has 52 heavy (non-hydrogen) atoms. The number of esters is 2. The van der Waals surface area contributed by atoms with E-state index in [2.05, 4.69) is 79.4 Å². The normalized spacial score (nSPS) is 20.6. The summed E-state index contributed by atoms with van der Waals surface area (Å²) in [5.41, 5.74) is -0.762. The lowest BCUT2D eigenvalue weighted by molar-refractivity contribution is -0.249. The highest BCUT2D eigenvalue weighted by atomic mass is 16.7. The lowest BCUT2D eigenvalue weighted by Crippen LogP contribution is -2.59. The van der Waals surface area contributed by atoms with Gasteiger partial charge >= 0.3 is 11.9 Å². The number of unbranched alkanes of at least 4 members (excludes halogenated alkanes) is 15. The molecule has 0 radical (unpaired) electrons. The van der Waals surface area contributed by atoms with Gasteiger partial charge in [0.2, 0.25) is 0 Å². The standard InChI is InChI=1S/C44H84N2O6/c1-11-13-15-17-23-27-31-49-45-33-41(3,4)39(42(5,6)34-45)51-37(47)29-25-21-19-20-22-26-30-38(48)52-40-43(7,8)35-46(36-44(40,9)10)50-32-28-24-18-16-14-12-2/h39-40H,11-36H2,1-10H3. The first-order valence-corrected chi connectivity index (χ1v) is 21.7. The highest BCUT2D eigenvalue weighted by Gasteiger charge is 2.51. The predicted octanol–water partition coefficient (Wildman–Crippen LogP) is 11.3. The van der Waals surface area contributed by atoms with Gasteiger partial charge < -0.3 is 9.47 Å². The van der Waals surface area contributed by atoms with Crippen molar-refractivity contribution in [1.82, 2.24) is 10.1 Å². The molecular formula is C44H84N2O6. The molecule has 2 rings (SSSR count). The van der Waals surface area contributed by atoms with Crippen LogP contribution < -0.4 is 0 Å². The first kappa shape index (κ1) is 46.9. The van der Waals surface area contributed by atoms with E-state index in [9.17, 15) is 9.59 Å². The maximum Gasteiger partial charge on any atom is 0.306 e. The maximum absolute atomic E-state index is 12.9. The summed E-state index contributed by atoms with van der Waals surface area (Å²) in [6.07, 6.45) is 21.5. The molecule has 0 atom stereocenters. The number of hydrogen-bond acceptors (Lipinski definition) is 8. The lowest BCUT2D eigenvalue weighted by atomic mass is 9.68. The highest BCUT2D eigenvalue weighted by molar-refractivity contribution is 5.70. The lowest BCUT2D eigenvalue weighted by Gasteiger charge is -2.51. The van der Waals surface area contributed by atoms with E-state index in [0.29, 0.717) is 12.8 Å². The molecule has 2 heterocycles. The Morgan fingerprint density at radius 3 is 1.02 bits per heavy atom. The molecule has 0 saturated carbocycles. The summed E-state index contributed by atoms with van der Waals surface area (Å²) in [6, 6.07) is 0. The van der Waals surface area contributed by atoms with Crippen LogP contribution in [0.3, 0.4) is 0 Å². The second-order valence-electron chi connectivity index (χ2n) is 19.1. The molecule has 0 aromatic heterocycles. The Balaban J connectivity index is 1.60. The van der Waals surface area contributed by atoms with E-state index >= 15 is 0 Å². The maximum atomic E-state index is 12.9. The van der Waals surface area contributed by atoms with E-state index in [1.807, 2.05) is 0 Å². The number of ether oxygens (including phenoxy) is 2. The molecule has 0 aliphatic carbocycles. The van der Waals surface area contributed by atoms with Crippen molar-refractivity contribution >= 4 is 11.9 Å². The van der Waals surface area contributed by atoms with Crippen molar-refractivity contribution in [3.63, 3.8) is 0 Å². The van der Waals surface area contributed by atoms with Crippen molar-refractivity contribution in [3.8, 4) is 0 Å². The van der Waals surface area contributed by atoms with Crippen LogP contribution in [0.25, 0.3) is 0 Å². The van der Waals surface area contributed by atoms with Crippen LogP contribution in [0.5, 0.6) is 0 Å². The van der Waals surface area contributed by atoms with Crippen LogP contribution in [-0.2, 0) is 28.7 Å². The summed E-state index contributed by atoms with van der Waals surface area (Å²) in [4.78, 5) is 38.3. The number of rotatable bonds is 27. The minimum Gasteiger partial charge on any atom is -0.461 e. The van der Waals surface area contributed by atoms with Crippen molar-refractivity contribution in [3.05, 3.63) is 0 Å². The smallest absolute Gasteiger partial charge is 0.306 e. The van der Waals surface area contributed by atoms with Crippen LogP contribution in [0.4, 0.5) is 0 Å². The number of hydroxylamine groups is 4. The topological polar surface area (TPSA) is 77.5 Å². The molecule has 0 amide bonds. The Morgan fingerprint density at radius 2 is 0.712 bits per heavy atom. The van der Waals surface area contributed by atoms with E-state index < -0.39 is 0 Å². The van der Waals surface area contributed by atoms with Gasteiger partial charge in [-0.2, -0.15) is 10.1 Å². The molecule has 2 fully saturated rings. The molecule has 0 N–H and O–H groups in total. The van der Waals surface area contributed by atoms with Crippen molar-refractivity contribution in [2.75, 3.05) is 39.4 Å². The van der Waals surface area contributed by atoms with Crippen LogP contribution in [0.1, 0.15) is 198 Å². The number of hydrogen-bond donors (Lipinski definition) is 0. The summed E-state index contributed by atoms with van der Waals surface area (Å²) in [5.74, 6) is -0.173. The molecule has 0 spiro atoms. The van der Waals surface area contributed by atoms with Gasteiger partial charge in [-0.15, -0.1) is 0 Å². The molecule has 8 nitrogen and oxygen atoms in total. The van der Waals surface area contributed by atoms with E-state index in [4.69, 9.17) is 19.1 Å². The average molecular weight is 737 g/mol. The molecule has 2 aliphatic rings. The fourth-order valence-electron chi connectivity index (χ4n) is 8.98. The third-order valence-electron chi connectivity index (χ3n) is 11.2. The fraction of sp³-hybridized carbons (Fsp3) is 0.955. The molecule has 0 bridgehead atoms. The van der Waals surface area contributed by atoms with Crippen LogP contribution in [-0.4, -0.2) is 73.7 Å². The monoisotopic (exact) mass is 737 g/mol. The second kappa shape index (κ2) is 23.6. The third kappa shape index (κ3) is 17.5. The number of carbonyl (C=O) groups is 2. The molecular weight excluding hydrogens is 652 g/mol. The number of nitrogens with zero attached hydrogens (tertiary/aromatic N) is 2. The van der Waals surface area contributed by atoms with Gasteiger partial charge in [0.05, 0.1) is 13.2 Å². The predicted molar refractivity (Wildman–Crippen MR) is 214 cm³/mol. The van der Waals surface area contributed by atoms with Crippen LogP contribution in [0, 0.1) is 21.7 Å². The van der Waals surface area contributed by atoms with Gasteiger partial charge in [0, 0.05) is 60.7 Å². The Kier molecular flexibility index (Phi) is 21.3. The Hall–Kier alpha value is -1.22. The van der Waals surface area contributed by atoms with E-state index in [1.165, 1.54) is 64.2 Å². The SMILES string of the molecule is CCCCCCCCON1CC(C)(C)C(OC(=O)CCCCCCCCC(=O)OC2C(C)(C)CN(OCCCCCCCC)CC2(C)C)C(C)(C)C1. The van der Waals surface area contributed by atoms with Gasteiger partial charge in [-0.3, -0.25) is 19.3 Å². The zero-order chi connectivity index (χ0) is 38.7. The second-order valence-corrected chi connectivity index (χ2v) is 19.1. The highest BCUT2D eigenvalue weighted by Crippen LogP contribution is 2.44. The Morgan fingerprint density at radius 1 is 0.442 bits per heavy atom. The first-order valence-electron chi connectivity index (χ1n) is 21.7. The van der Waals surface area contributed by atoms with E-state index in [0.717, 1.165) is 90.8 Å². The Labute approximate surface area is 321 Å². The molecule has 2 aliphatic heterocycles. The first-order chi connectivity index (χ1) is 24.5. The van der Waals surface area contributed by atoms with Gasteiger partial charge in [-0.05, 0) is 25.7 Å². The summed E-state index contributed by atoms with van der Waals surface area (Å²) in [7, 11) is 0. The van der Waals surface area contributed by atoms with Crippen LogP contribution in [0.2, 0.25) is 0 Å². The Bertz CT molecular complexity index is 881. The summed E-state index contributed by atoms with van der Waals surface area (Å²) in [6.45, 7) is 26.6. The zero-order valence-electron chi connectivity index (χ0n) is 35.9. The van der Waals surface area contributed by atoms with Gasteiger partial charge in [-0.1, -0.05) is 159 Å². The van der Waals surface area contributed by atoms with E-state index in [1.54, 1.807) is 0 Å². The number of piperidine rings is 2. The third-order valence-corrected chi connectivity index (χ3v) is 11.2. The summed E-state index contributed by atoms with van der Waals surface area (Å²) < 4.78 is 12.3. The number of carbonyl (C=O) groups excluding carboxylic acids is 2. The summed E-state index contributed by atoms with van der Waals surface area (Å²) >= 11 is 0. The molecule has 306 valence electrons. The largest absolute Gasteiger partial charge is 0.461 e. The van der Waals surface area contributed by atoms with Gasteiger partial charge in [0.1, 0.15) is 12.2 Å². The van der Waals surface area contributed by atoms with Gasteiger partial charge in [-0.25, -0.2) is 0 Å². The van der Waals surface area contributed by atoms with Gasteiger partial charge in [0.25, 0.3) is 0 Å². The minimum atomic E-state index is -0.191. The molecule has 2 saturated heterocycles. The molecule has 0 aromatic rings. The van der Waals surface area contributed by atoms with E-state index in [-0.39, 0.29) is 45.8 Å². The fourth-order valence-corrected chi connectivity index (χ4v) is 8.98. The average Bonchev–Trinajstić information content (AvgIpc) is 3.04. The molecule has 0 unspecified atom stereocenters. The van der Waals surface area contributed by atoms with Gasteiger partial charge in [0.15, 0.2) is 0 Å². The molecule has 8 heteroatoms. The van der Waals surface area contributed by atoms with Crippen LogP contribution >= 0.6 is 0 Å². The van der Waals surface area contributed by atoms with Crippen LogP contribution in [0.15, 0.2) is 0 Å². The zero-order valence-corrected chi connectivity index (χ0v) is 35.9. The van der Waals surface area contributed by atoms with Crippen molar-refractivity contribution in [1.29, 1.82) is 0 Å². The quantitative estimate of drug-likeness (QED) is 0.0609. The minimum absolute atomic E-state index is 0.0867. The molecule has 0 aromatic carbocycles.